The number of amides is 2. The molecule has 1 aromatic carbocycles. The van der Waals surface area contributed by atoms with Crippen LogP contribution in [0.25, 0.3) is 0 Å². The van der Waals surface area contributed by atoms with Gasteiger partial charge in [-0.3, -0.25) is 9.59 Å². The van der Waals surface area contributed by atoms with Gasteiger partial charge in [0.05, 0.1) is 6.33 Å². The van der Waals surface area contributed by atoms with Gasteiger partial charge in [-0.25, -0.2) is 4.98 Å². The zero-order valence-corrected chi connectivity index (χ0v) is 15.3. The van der Waals surface area contributed by atoms with Crippen LogP contribution in [-0.2, 0) is 6.54 Å². The van der Waals surface area contributed by atoms with Crippen molar-refractivity contribution in [2.75, 3.05) is 6.54 Å². The van der Waals surface area contributed by atoms with Crippen molar-refractivity contribution in [3.8, 4) is 0 Å². The number of hydrogen-bond donors (Lipinski definition) is 3. The molecule has 0 radical (unpaired) electrons. The van der Waals surface area contributed by atoms with Crippen LogP contribution >= 0.6 is 0 Å². The van der Waals surface area contributed by atoms with Crippen molar-refractivity contribution < 1.29 is 9.59 Å². The fourth-order valence-electron chi connectivity index (χ4n) is 2.38. The summed E-state index contributed by atoms with van der Waals surface area (Å²) in [5, 5.41) is 5.63. The third-order valence-electron chi connectivity index (χ3n) is 4.11. The second-order valence-electron chi connectivity index (χ2n) is 6.67. The van der Waals surface area contributed by atoms with E-state index in [9.17, 15) is 9.59 Å². The zero-order chi connectivity index (χ0) is 18.4. The number of hydrogen-bond acceptors (Lipinski definition) is 3. The van der Waals surface area contributed by atoms with E-state index >= 15 is 0 Å². The smallest absolute Gasteiger partial charge is 0.272 e. The summed E-state index contributed by atoms with van der Waals surface area (Å²) in [6.07, 6.45) is 2.24. The minimum Gasteiger partial charge on any atom is -0.351 e. The Balaban J connectivity index is 1.97. The van der Waals surface area contributed by atoms with Crippen LogP contribution in [0.1, 0.15) is 57.9 Å². The number of carbonyl (C=O) groups is 2. The average molecular weight is 342 g/mol. The second-order valence-corrected chi connectivity index (χ2v) is 6.67. The average Bonchev–Trinajstić information content (AvgIpc) is 3.05. The van der Waals surface area contributed by atoms with Gasteiger partial charge in [0, 0.05) is 13.1 Å². The van der Waals surface area contributed by atoms with Gasteiger partial charge >= 0.3 is 0 Å². The standard InChI is InChI=1S/C19H26N4O2/c1-12(2)7-8-20-18(24)16-17(23-11-22-16)19(25)21-10-15-6-5-13(3)14(4)9-15/h5-6,9,11-12H,7-8,10H2,1-4H3,(H,20,24)(H,21,25)(H,22,23). The largest absolute Gasteiger partial charge is 0.351 e. The fraction of sp³-hybridized carbons (Fsp3) is 0.421. The highest BCUT2D eigenvalue weighted by atomic mass is 16.2. The van der Waals surface area contributed by atoms with Gasteiger partial charge < -0.3 is 15.6 Å². The number of aromatic nitrogens is 2. The van der Waals surface area contributed by atoms with Gasteiger partial charge in [0.2, 0.25) is 0 Å². The van der Waals surface area contributed by atoms with E-state index in [0.29, 0.717) is 19.0 Å². The quantitative estimate of drug-likeness (QED) is 0.723. The summed E-state index contributed by atoms with van der Waals surface area (Å²) >= 11 is 0. The molecule has 2 rings (SSSR count). The molecule has 1 heterocycles. The van der Waals surface area contributed by atoms with E-state index in [4.69, 9.17) is 0 Å². The van der Waals surface area contributed by atoms with E-state index in [1.165, 1.54) is 17.5 Å². The summed E-state index contributed by atoms with van der Waals surface area (Å²) in [6.45, 7) is 9.22. The summed E-state index contributed by atoms with van der Waals surface area (Å²) in [6, 6.07) is 6.05. The van der Waals surface area contributed by atoms with Gasteiger partial charge in [0.1, 0.15) is 5.69 Å². The minimum atomic E-state index is -0.343. The topological polar surface area (TPSA) is 86.9 Å². The van der Waals surface area contributed by atoms with Crippen molar-refractivity contribution in [1.82, 2.24) is 20.6 Å². The van der Waals surface area contributed by atoms with Crippen LogP contribution in [0.3, 0.4) is 0 Å². The Kier molecular flexibility index (Phi) is 6.33. The SMILES string of the molecule is Cc1ccc(CNC(=O)c2[nH]cnc2C(=O)NCCC(C)C)cc1C. The number of benzene rings is 1. The molecule has 134 valence electrons. The zero-order valence-electron chi connectivity index (χ0n) is 15.3. The Bertz CT molecular complexity index is 750. The molecule has 0 aliphatic heterocycles. The highest BCUT2D eigenvalue weighted by Gasteiger charge is 2.20. The van der Waals surface area contributed by atoms with E-state index in [1.54, 1.807) is 0 Å². The molecular formula is C19H26N4O2. The molecule has 6 heteroatoms. The molecule has 0 saturated carbocycles. The van der Waals surface area contributed by atoms with E-state index in [2.05, 4.69) is 34.4 Å². The molecule has 0 aliphatic rings. The van der Waals surface area contributed by atoms with Crippen LogP contribution in [0, 0.1) is 19.8 Å². The summed E-state index contributed by atoms with van der Waals surface area (Å²) in [7, 11) is 0. The molecule has 6 nitrogen and oxygen atoms in total. The van der Waals surface area contributed by atoms with Crippen molar-refractivity contribution >= 4 is 11.8 Å². The number of nitrogens with one attached hydrogen (secondary N) is 3. The van der Waals surface area contributed by atoms with Gasteiger partial charge in [-0.15, -0.1) is 0 Å². The lowest BCUT2D eigenvalue weighted by Crippen LogP contribution is -2.30. The minimum absolute atomic E-state index is 0.126. The van der Waals surface area contributed by atoms with Gasteiger partial charge in [0.15, 0.2) is 5.69 Å². The van der Waals surface area contributed by atoms with Crippen LogP contribution in [0.2, 0.25) is 0 Å². The van der Waals surface area contributed by atoms with Crippen molar-refractivity contribution in [2.45, 2.75) is 40.7 Å². The Morgan fingerprint density at radius 1 is 1.12 bits per heavy atom. The number of imidazole rings is 1. The van der Waals surface area contributed by atoms with Gasteiger partial charge in [0.25, 0.3) is 11.8 Å². The summed E-state index contributed by atoms with van der Waals surface area (Å²) in [5.74, 6) is -0.178. The molecule has 0 spiro atoms. The first-order chi connectivity index (χ1) is 11.9. The predicted octanol–water partition coefficient (Wildman–Crippen LogP) is 2.73. The second kappa shape index (κ2) is 8.46. The Morgan fingerprint density at radius 3 is 2.56 bits per heavy atom. The summed E-state index contributed by atoms with van der Waals surface area (Å²) < 4.78 is 0. The predicted molar refractivity (Wildman–Crippen MR) is 97.5 cm³/mol. The highest BCUT2D eigenvalue weighted by Crippen LogP contribution is 2.10. The molecular weight excluding hydrogens is 316 g/mol. The number of aryl methyl sites for hydroxylation is 2. The Labute approximate surface area is 148 Å². The molecule has 0 saturated heterocycles. The lowest BCUT2D eigenvalue weighted by Gasteiger charge is -2.09. The summed E-state index contributed by atoms with van der Waals surface area (Å²) in [4.78, 5) is 31.3. The summed E-state index contributed by atoms with van der Waals surface area (Å²) in [5.41, 5.74) is 3.72. The molecule has 0 aliphatic carbocycles. The first-order valence-electron chi connectivity index (χ1n) is 8.54. The van der Waals surface area contributed by atoms with Gasteiger partial charge in [-0.1, -0.05) is 32.0 Å². The van der Waals surface area contributed by atoms with Crippen LogP contribution in [0.5, 0.6) is 0 Å². The molecule has 0 unspecified atom stereocenters. The third-order valence-corrected chi connectivity index (χ3v) is 4.11. The number of aromatic amines is 1. The third kappa shape index (κ3) is 5.17. The van der Waals surface area contributed by atoms with Crippen molar-refractivity contribution in [1.29, 1.82) is 0 Å². The van der Waals surface area contributed by atoms with E-state index in [1.807, 2.05) is 32.0 Å². The number of H-pyrrole nitrogens is 1. The van der Waals surface area contributed by atoms with Crippen molar-refractivity contribution in [2.24, 2.45) is 5.92 Å². The Hall–Kier alpha value is -2.63. The maximum absolute atomic E-state index is 12.4. The lowest BCUT2D eigenvalue weighted by atomic mass is 10.1. The normalized spacial score (nSPS) is 10.8. The van der Waals surface area contributed by atoms with E-state index < -0.39 is 0 Å². The van der Waals surface area contributed by atoms with Crippen molar-refractivity contribution in [3.63, 3.8) is 0 Å². The van der Waals surface area contributed by atoms with E-state index in [-0.39, 0.29) is 23.2 Å². The molecule has 0 bridgehead atoms. The number of carbonyl (C=O) groups excluding carboxylic acids is 2. The number of nitrogens with zero attached hydrogens (tertiary/aromatic N) is 1. The van der Waals surface area contributed by atoms with Crippen molar-refractivity contribution in [3.05, 3.63) is 52.6 Å². The number of rotatable bonds is 7. The first kappa shape index (κ1) is 18.7. The highest BCUT2D eigenvalue weighted by molar-refractivity contribution is 6.04. The molecule has 2 aromatic rings. The molecule has 25 heavy (non-hydrogen) atoms. The van der Waals surface area contributed by atoms with Crippen LogP contribution in [0.15, 0.2) is 24.5 Å². The fourth-order valence-corrected chi connectivity index (χ4v) is 2.38. The molecule has 3 N–H and O–H groups in total. The molecule has 0 fully saturated rings. The molecule has 0 atom stereocenters. The van der Waals surface area contributed by atoms with Crippen LogP contribution < -0.4 is 10.6 Å². The van der Waals surface area contributed by atoms with Gasteiger partial charge in [-0.2, -0.15) is 0 Å². The van der Waals surface area contributed by atoms with Crippen LogP contribution in [0.4, 0.5) is 0 Å². The molecule has 2 amide bonds. The lowest BCUT2D eigenvalue weighted by molar-refractivity contribution is 0.0911. The molecule has 1 aromatic heterocycles. The van der Waals surface area contributed by atoms with E-state index in [0.717, 1.165) is 12.0 Å². The monoisotopic (exact) mass is 342 g/mol. The maximum atomic E-state index is 12.4. The van der Waals surface area contributed by atoms with Gasteiger partial charge in [-0.05, 0) is 42.9 Å². The first-order valence-corrected chi connectivity index (χ1v) is 8.54. The Morgan fingerprint density at radius 2 is 1.88 bits per heavy atom. The maximum Gasteiger partial charge on any atom is 0.272 e. The van der Waals surface area contributed by atoms with Crippen LogP contribution in [-0.4, -0.2) is 28.3 Å².